The summed E-state index contributed by atoms with van der Waals surface area (Å²) in [5.74, 6) is 2.07. The third kappa shape index (κ3) is 2.89. The zero-order valence-corrected chi connectivity index (χ0v) is 12.1. The second-order valence-corrected chi connectivity index (χ2v) is 6.15. The molecule has 3 unspecified atom stereocenters. The topological polar surface area (TPSA) is 25.2 Å². The molecule has 1 saturated carbocycles. The van der Waals surface area contributed by atoms with Crippen molar-refractivity contribution in [1.29, 1.82) is 0 Å². The normalized spacial score (nSPS) is 26.4. The van der Waals surface area contributed by atoms with Gasteiger partial charge in [0.1, 0.15) is 11.5 Å². The minimum atomic E-state index is 0.394. The van der Waals surface area contributed by atoms with Crippen molar-refractivity contribution in [3.8, 4) is 0 Å². The van der Waals surface area contributed by atoms with Crippen molar-refractivity contribution in [2.45, 2.75) is 57.4 Å². The van der Waals surface area contributed by atoms with Gasteiger partial charge in [-0.1, -0.05) is 6.42 Å². The van der Waals surface area contributed by atoms with E-state index in [9.17, 15) is 0 Å². The Bertz CT molecular complexity index is 374. The molecule has 0 bridgehead atoms. The fourth-order valence-electron chi connectivity index (χ4n) is 2.89. The summed E-state index contributed by atoms with van der Waals surface area (Å²) >= 11 is 2.00. The van der Waals surface area contributed by atoms with Crippen LogP contribution in [-0.4, -0.2) is 17.5 Å². The van der Waals surface area contributed by atoms with E-state index in [0.717, 1.165) is 16.8 Å². The van der Waals surface area contributed by atoms with Crippen molar-refractivity contribution in [1.82, 2.24) is 5.32 Å². The molecule has 2 rings (SSSR count). The highest BCUT2D eigenvalue weighted by Gasteiger charge is 2.28. The molecule has 1 fully saturated rings. The Balaban J connectivity index is 2.01. The van der Waals surface area contributed by atoms with Gasteiger partial charge in [-0.05, 0) is 45.9 Å². The first-order valence-corrected chi connectivity index (χ1v) is 7.76. The third-order valence-corrected chi connectivity index (χ3v) is 4.93. The molecule has 0 radical (unpaired) electrons. The van der Waals surface area contributed by atoms with Crippen molar-refractivity contribution in [2.24, 2.45) is 0 Å². The average Bonchev–Trinajstić information content (AvgIpc) is 2.84. The Kier molecular flexibility index (Phi) is 4.21. The molecule has 96 valence electrons. The molecule has 0 saturated heterocycles. The number of furan rings is 1. The van der Waals surface area contributed by atoms with E-state index < -0.39 is 0 Å². The maximum absolute atomic E-state index is 5.61. The van der Waals surface area contributed by atoms with Gasteiger partial charge in [0.25, 0.3) is 0 Å². The van der Waals surface area contributed by atoms with Crippen LogP contribution in [0.25, 0.3) is 0 Å². The number of thioether (sulfide) groups is 1. The van der Waals surface area contributed by atoms with Crippen LogP contribution in [0.1, 0.15) is 49.3 Å². The fraction of sp³-hybridized carbons (Fsp3) is 0.714. The highest BCUT2D eigenvalue weighted by molar-refractivity contribution is 7.99. The summed E-state index contributed by atoms with van der Waals surface area (Å²) in [4.78, 5) is 0. The molecular weight excluding hydrogens is 230 g/mol. The molecular formula is C14H23NOS. The predicted molar refractivity (Wildman–Crippen MR) is 74.7 cm³/mol. The second kappa shape index (κ2) is 5.49. The van der Waals surface area contributed by atoms with E-state index in [1.165, 1.54) is 24.8 Å². The Labute approximate surface area is 109 Å². The van der Waals surface area contributed by atoms with E-state index in [0.29, 0.717) is 12.1 Å². The van der Waals surface area contributed by atoms with Crippen molar-refractivity contribution in [3.05, 3.63) is 23.2 Å². The largest absolute Gasteiger partial charge is 0.466 e. The Morgan fingerprint density at radius 2 is 2.18 bits per heavy atom. The number of hydrogen-bond acceptors (Lipinski definition) is 3. The van der Waals surface area contributed by atoms with E-state index in [2.05, 4.69) is 31.5 Å². The van der Waals surface area contributed by atoms with Crippen molar-refractivity contribution >= 4 is 11.8 Å². The van der Waals surface area contributed by atoms with Crippen LogP contribution in [0.15, 0.2) is 10.5 Å². The zero-order valence-electron chi connectivity index (χ0n) is 11.2. The molecule has 1 aliphatic carbocycles. The first-order chi connectivity index (χ1) is 8.11. The van der Waals surface area contributed by atoms with Gasteiger partial charge >= 0.3 is 0 Å². The van der Waals surface area contributed by atoms with Gasteiger partial charge in [0.15, 0.2) is 0 Å². The number of aryl methyl sites for hydroxylation is 2. The molecule has 17 heavy (non-hydrogen) atoms. The first-order valence-electron chi connectivity index (χ1n) is 6.47. The van der Waals surface area contributed by atoms with Crippen LogP contribution < -0.4 is 5.32 Å². The van der Waals surface area contributed by atoms with Gasteiger partial charge in [-0.15, -0.1) is 0 Å². The van der Waals surface area contributed by atoms with Gasteiger partial charge in [-0.3, -0.25) is 0 Å². The van der Waals surface area contributed by atoms with E-state index in [1.54, 1.807) is 0 Å². The summed E-state index contributed by atoms with van der Waals surface area (Å²) in [5.41, 5.74) is 1.31. The summed E-state index contributed by atoms with van der Waals surface area (Å²) in [7, 11) is 0. The van der Waals surface area contributed by atoms with Crippen molar-refractivity contribution < 1.29 is 4.42 Å². The molecule has 0 aromatic carbocycles. The Morgan fingerprint density at radius 1 is 1.41 bits per heavy atom. The molecule has 1 aromatic heterocycles. The lowest BCUT2D eigenvalue weighted by Gasteiger charge is -2.23. The predicted octanol–water partition coefficient (Wildman–Crippen LogP) is 3.83. The van der Waals surface area contributed by atoms with Gasteiger partial charge in [-0.2, -0.15) is 11.8 Å². The summed E-state index contributed by atoms with van der Waals surface area (Å²) < 4.78 is 5.61. The Hall–Kier alpha value is -0.410. The van der Waals surface area contributed by atoms with Crippen LogP contribution in [0.5, 0.6) is 0 Å². The lowest BCUT2D eigenvalue weighted by atomic mass is 10.1. The molecule has 0 amide bonds. The average molecular weight is 253 g/mol. The molecule has 1 N–H and O–H groups in total. The fourth-order valence-corrected chi connectivity index (χ4v) is 3.84. The van der Waals surface area contributed by atoms with Crippen LogP contribution in [0, 0.1) is 13.8 Å². The molecule has 1 heterocycles. The summed E-state index contributed by atoms with van der Waals surface area (Å²) in [5, 5.41) is 4.55. The molecule has 3 heteroatoms. The van der Waals surface area contributed by atoms with Crippen molar-refractivity contribution in [2.75, 3.05) is 6.26 Å². The van der Waals surface area contributed by atoms with Gasteiger partial charge in [-0.25, -0.2) is 0 Å². The number of hydrogen-bond donors (Lipinski definition) is 1. The number of rotatable bonds is 4. The maximum atomic E-state index is 5.61. The van der Waals surface area contributed by atoms with Gasteiger partial charge < -0.3 is 9.73 Å². The number of nitrogens with one attached hydrogen (secondary N) is 1. The van der Waals surface area contributed by atoms with Crippen LogP contribution in [0.2, 0.25) is 0 Å². The minimum absolute atomic E-state index is 0.394. The smallest absolute Gasteiger partial charge is 0.105 e. The van der Waals surface area contributed by atoms with E-state index in [1.807, 2.05) is 18.7 Å². The third-order valence-electron chi connectivity index (χ3n) is 3.77. The van der Waals surface area contributed by atoms with Gasteiger partial charge in [0.05, 0.1) is 0 Å². The van der Waals surface area contributed by atoms with Crippen LogP contribution in [-0.2, 0) is 0 Å². The van der Waals surface area contributed by atoms with E-state index >= 15 is 0 Å². The lowest BCUT2D eigenvalue weighted by molar-refractivity contribution is 0.453. The van der Waals surface area contributed by atoms with E-state index in [4.69, 9.17) is 4.42 Å². The summed E-state index contributed by atoms with van der Waals surface area (Å²) in [6.45, 7) is 6.32. The first kappa shape index (κ1) is 13.0. The van der Waals surface area contributed by atoms with Gasteiger partial charge in [0, 0.05) is 22.9 Å². The summed E-state index contributed by atoms with van der Waals surface area (Å²) in [6.07, 6.45) is 6.25. The molecule has 1 aliphatic rings. The van der Waals surface area contributed by atoms with Gasteiger partial charge in [0.2, 0.25) is 0 Å². The second-order valence-electron chi connectivity index (χ2n) is 5.07. The van der Waals surface area contributed by atoms with Crippen molar-refractivity contribution in [3.63, 3.8) is 0 Å². The standard InChI is InChI=1S/C14H23NOS/c1-9-8-12(11(3)16-9)10(2)15-13-6-5-7-14(13)17-4/h8,10,13-15H,5-7H2,1-4H3. The lowest BCUT2D eigenvalue weighted by Crippen LogP contribution is -2.35. The summed E-state index contributed by atoms with van der Waals surface area (Å²) in [6, 6.07) is 3.22. The molecule has 3 atom stereocenters. The monoisotopic (exact) mass is 253 g/mol. The molecule has 0 aliphatic heterocycles. The Morgan fingerprint density at radius 3 is 2.76 bits per heavy atom. The quantitative estimate of drug-likeness (QED) is 0.883. The molecule has 1 aromatic rings. The van der Waals surface area contributed by atoms with E-state index in [-0.39, 0.29) is 0 Å². The zero-order chi connectivity index (χ0) is 12.4. The van der Waals surface area contributed by atoms with Crippen LogP contribution in [0.3, 0.4) is 0 Å². The molecule has 0 spiro atoms. The minimum Gasteiger partial charge on any atom is -0.466 e. The highest BCUT2D eigenvalue weighted by Crippen LogP contribution is 2.31. The molecule has 2 nitrogen and oxygen atoms in total. The van der Waals surface area contributed by atoms with Crippen LogP contribution >= 0.6 is 11.8 Å². The SMILES string of the molecule is CSC1CCCC1NC(C)c1cc(C)oc1C. The highest BCUT2D eigenvalue weighted by atomic mass is 32.2. The van der Waals surface area contributed by atoms with Crippen LogP contribution in [0.4, 0.5) is 0 Å². The maximum Gasteiger partial charge on any atom is 0.105 e.